The van der Waals surface area contributed by atoms with Crippen molar-refractivity contribution in [3.8, 4) is 11.4 Å². The minimum absolute atomic E-state index is 0.162. The molecule has 2 heterocycles. The third kappa shape index (κ3) is 4.84. The third-order valence-electron chi connectivity index (χ3n) is 3.82. The van der Waals surface area contributed by atoms with Gasteiger partial charge in [0.15, 0.2) is 11.5 Å². The van der Waals surface area contributed by atoms with Gasteiger partial charge in [-0.1, -0.05) is 0 Å². The molecule has 0 fully saturated rings. The molecule has 1 aliphatic rings. The minimum atomic E-state index is -0.676. The first-order valence-corrected chi connectivity index (χ1v) is 8.87. The van der Waals surface area contributed by atoms with Crippen molar-refractivity contribution in [2.24, 2.45) is 0 Å². The van der Waals surface area contributed by atoms with Gasteiger partial charge in [0.25, 0.3) is 0 Å². The van der Waals surface area contributed by atoms with E-state index in [2.05, 4.69) is 15.6 Å². The fraction of sp³-hybridized carbons (Fsp3) is 0.368. The smallest absolute Gasteiger partial charge is 0.408 e. The second kappa shape index (κ2) is 7.82. The lowest BCUT2D eigenvalue weighted by Crippen LogP contribution is -2.37. The molecule has 154 valence electrons. The van der Waals surface area contributed by atoms with E-state index in [-0.39, 0.29) is 18.8 Å². The molecular formula is C19H22N4O6. The monoisotopic (exact) mass is 402 g/mol. The number of nitrogens with one attached hydrogen (secondary N) is 2. The van der Waals surface area contributed by atoms with E-state index < -0.39 is 23.6 Å². The Labute approximate surface area is 167 Å². The van der Waals surface area contributed by atoms with Gasteiger partial charge in [0.1, 0.15) is 24.5 Å². The van der Waals surface area contributed by atoms with Crippen LogP contribution in [0.4, 0.5) is 10.5 Å². The maximum atomic E-state index is 12.1. The summed E-state index contributed by atoms with van der Waals surface area (Å²) in [6.07, 6.45) is 0.878. The third-order valence-corrected chi connectivity index (χ3v) is 3.82. The normalized spacial score (nSPS) is 12.1. The van der Waals surface area contributed by atoms with Gasteiger partial charge in [0.2, 0.25) is 5.91 Å². The van der Waals surface area contributed by atoms with Gasteiger partial charge in [-0.3, -0.25) is 9.36 Å². The second-order valence-electron chi connectivity index (χ2n) is 7.28. The van der Waals surface area contributed by atoms with Crippen LogP contribution in [0.2, 0.25) is 0 Å². The molecule has 0 unspecified atom stereocenters. The molecule has 1 aliphatic heterocycles. The quantitative estimate of drug-likeness (QED) is 0.751. The number of esters is 1. The zero-order valence-electron chi connectivity index (χ0n) is 16.6. The molecule has 0 saturated heterocycles. The van der Waals surface area contributed by atoms with Gasteiger partial charge in [-0.2, -0.15) is 0 Å². The van der Waals surface area contributed by atoms with Gasteiger partial charge >= 0.3 is 12.1 Å². The highest BCUT2D eigenvalue weighted by atomic mass is 16.6. The number of benzene rings is 1. The zero-order valence-corrected chi connectivity index (χ0v) is 16.6. The van der Waals surface area contributed by atoms with Crippen LogP contribution in [0.15, 0.2) is 24.4 Å². The summed E-state index contributed by atoms with van der Waals surface area (Å²) in [4.78, 5) is 39.7. The maximum absolute atomic E-state index is 12.1. The molecule has 0 radical (unpaired) electrons. The van der Waals surface area contributed by atoms with E-state index in [9.17, 15) is 14.4 Å². The zero-order chi connectivity index (χ0) is 21.2. The second-order valence-corrected chi connectivity index (χ2v) is 7.28. The molecule has 10 heteroatoms. The number of ether oxygens (including phenoxy) is 3. The van der Waals surface area contributed by atoms with E-state index in [0.717, 1.165) is 0 Å². The van der Waals surface area contributed by atoms with Crippen molar-refractivity contribution >= 4 is 23.7 Å². The molecule has 0 bridgehead atoms. The minimum Gasteiger partial charge on any atom is -0.483 e. The van der Waals surface area contributed by atoms with Crippen molar-refractivity contribution in [1.29, 1.82) is 0 Å². The highest BCUT2D eigenvalue weighted by Crippen LogP contribution is 2.32. The number of carbonyl (C=O) groups is 3. The van der Waals surface area contributed by atoms with Crippen molar-refractivity contribution in [2.45, 2.75) is 33.0 Å². The lowest BCUT2D eigenvalue weighted by Gasteiger charge is -2.20. The Morgan fingerprint density at radius 3 is 2.72 bits per heavy atom. The molecular weight excluding hydrogens is 380 g/mol. The Balaban J connectivity index is 1.70. The predicted molar refractivity (Wildman–Crippen MR) is 102 cm³/mol. The van der Waals surface area contributed by atoms with Crippen LogP contribution in [0, 0.1) is 0 Å². The van der Waals surface area contributed by atoms with E-state index >= 15 is 0 Å². The van der Waals surface area contributed by atoms with Crippen molar-refractivity contribution in [2.75, 3.05) is 19.0 Å². The van der Waals surface area contributed by atoms with E-state index in [1.165, 1.54) is 7.11 Å². The fourth-order valence-corrected chi connectivity index (χ4v) is 2.65. The largest absolute Gasteiger partial charge is 0.483 e. The van der Waals surface area contributed by atoms with Gasteiger partial charge in [-0.25, -0.2) is 14.6 Å². The van der Waals surface area contributed by atoms with E-state index in [1.54, 1.807) is 49.7 Å². The number of fused-ring (bicyclic) bond motifs is 3. The van der Waals surface area contributed by atoms with Crippen LogP contribution in [0.5, 0.6) is 5.75 Å². The van der Waals surface area contributed by atoms with Crippen LogP contribution in [-0.4, -0.2) is 46.8 Å². The van der Waals surface area contributed by atoms with Gasteiger partial charge in [-0.15, -0.1) is 0 Å². The Bertz CT molecular complexity index is 960. The first kappa shape index (κ1) is 20.2. The molecule has 10 nitrogen and oxygen atoms in total. The standard InChI is InChI=1S/C19H22N4O6/c1-19(2,3)29-18(26)20-8-16(24)21-11-5-6-14-13(7-11)23-9-12(17(25)27-4)22-15(23)10-28-14/h5-7,9H,8,10H2,1-4H3,(H,20,26)(H,21,24). The topological polar surface area (TPSA) is 121 Å². The van der Waals surface area contributed by atoms with Crippen LogP contribution < -0.4 is 15.4 Å². The Hall–Kier alpha value is -3.56. The maximum Gasteiger partial charge on any atom is 0.408 e. The van der Waals surface area contributed by atoms with E-state index in [1.807, 2.05) is 0 Å². The van der Waals surface area contributed by atoms with Gasteiger partial charge in [-0.05, 0) is 39.0 Å². The van der Waals surface area contributed by atoms with E-state index in [0.29, 0.717) is 22.9 Å². The molecule has 0 atom stereocenters. The molecule has 0 saturated carbocycles. The number of methoxy groups -OCH3 is 1. The van der Waals surface area contributed by atoms with Gasteiger partial charge in [0, 0.05) is 11.9 Å². The molecule has 1 aromatic carbocycles. The summed E-state index contributed by atoms with van der Waals surface area (Å²) in [5.74, 6) is 0.143. The number of rotatable bonds is 4. The fourth-order valence-electron chi connectivity index (χ4n) is 2.65. The first-order valence-electron chi connectivity index (χ1n) is 8.87. The average Bonchev–Trinajstić information content (AvgIpc) is 3.09. The molecule has 1 aromatic heterocycles. The number of hydrogen-bond acceptors (Lipinski definition) is 7. The van der Waals surface area contributed by atoms with Crippen LogP contribution in [0.25, 0.3) is 5.69 Å². The molecule has 2 aromatic rings. The summed E-state index contributed by atoms with van der Waals surface area (Å²) in [5, 5.41) is 5.09. The van der Waals surface area contributed by atoms with Gasteiger partial charge < -0.3 is 24.8 Å². The predicted octanol–water partition coefficient (Wildman–Crippen LogP) is 2.01. The number of amides is 2. The molecule has 0 aliphatic carbocycles. The lowest BCUT2D eigenvalue weighted by atomic mass is 10.2. The number of alkyl carbamates (subject to hydrolysis) is 1. The molecule has 2 N–H and O–H groups in total. The van der Waals surface area contributed by atoms with Crippen molar-refractivity contribution in [3.63, 3.8) is 0 Å². The summed E-state index contributed by atoms with van der Waals surface area (Å²) >= 11 is 0. The number of aromatic nitrogens is 2. The summed E-state index contributed by atoms with van der Waals surface area (Å²) in [6, 6.07) is 5.06. The van der Waals surface area contributed by atoms with Gasteiger partial charge in [0.05, 0.1) is 12.8 Å². The number of imidazole rings is 1. The number of nitrogens with zero attached hydrogens (tertiary/aromatic N) is 2. The van der Waals surface area contributed by atoms with E-state index in [4.69, 9.17) is 14.2 Å². The van der Waals surface area contributed by atoms with Crippen LogP contribution >= 0.6 is 0 Å². The first-order chi connectivity index (χ1) is 13.7. The van der Waals surface area contributed by atoms with Crippen LogP contribution in [0.3, 0.4) is 0 Å². The molecule has 2 amide bonds. The molecule has 3 rings (SSSR count). The molecule has 0 spiro atoms. The SMILES string of the molecule is COC(=O)c1cn2c(n1)COc1ccc(NC(=O)CNC(=O)OC(C)(C)C)cc1-2. The van der Waals surface area contributed by atoms with Crippen molar-refractivity contribution in [3.05, 3.63) is 35.9 Å². The Kier molecular flexibility index (Phi) is 5.44. The highest BCUT2D eigenvalue weighted by Gasteiger charge is 2.23. The van der Waals surface area contributed by atoms with Crippen molar-refractivity contribution < 1.29 is 28.6 Å². The highest BCUT2D eigenvalue weighted by molar-refractivity contribution is 5.94. The van der Waals surface area contributed by atoms with Crippen molar-refractivity contribution in [1.82, 2.24) is 14.9 Å². The summed E-state index contributed by atoms with van der Waals surface area (Å²) in [6.45, 7) is 5.16. The summed E-state index contributed by atoms with van der Waals surface area (Å²) < 4.78 is 17.1. The molecule has 29 heavy (non-hydrogen) atoms. The van der Waals surface area contributed by atoms with Crippen LogP contribution in [0.1, 0.15) is 37.1 Å². The Morgan fingerprint density at radius 1 is 1.28 bits per heavy atom. The Morgan fingerprint density at radius 2 is 2.03 bits per heavy atom. The van der Waals surface area contributed by atoms with Crippen LogP contribution in [-0.2, 0) is 20.9 Å². The number of anilines is 1. The summed E-state index contributed by atoms with van der Waals surface area (Å²) in [7, 11) is 1.28. The number of carbonyl (C=O) groups excluding carboxylic acids is 3. The summed E-state index contributed by atoms with van der Waals surface area (Å²) in [5.41, 5.74) is 0.621. The number of hydrogen-bond donors (Lipinski definition) is 2. The lowest BCUT2D eigenvalue weighted by molar-refractivity contribution is -0.115. The average molecular weight is 402 g/mol.